The largest absolute Gasteiger partial charge is 0.392 e. The van der Waals surface area contributed by atoms with E-state index in [2.05, 4.69) is 25.5 Å². The number of benzene rings is 2. The van der Waals surface area contributed by atoms with E-state index < -0.39 is 6.10 Å². The van der Waals surface area contributed by atoms with Crippen molar-refractivity contribution in [2.45, 2.75) is 18.9 Å². The lowest BCUT2D eigenvalue weighted by atomic mass is 10.1. The number of aromatic nitrogens is 2. The van der Waals surface area contributed by atoms with Crippen LogP contribution in [0.2, 0.25) is 0 Å². The molecule has 0 spiro atoms. The molecule has 3 aromatic rings. The maximum atomic E-state index is 10.3. The van der Waals surface area contributed by atoms with Crippen LogP contribution in [0.25, 0.3) is 11.0 Å². The standard InChI is InChI=1S/C17H17BrN2O/c1-20-16-5-3-2-4-15(16)19-17(20)11-14(21)10-12-6-8-13(18)9-7-12/h2-9,14,21H,10-11H2,1H3. The van der Waals surface area contributed by atoms with Gasteiger partial charge in [0, 0.05) is 17.9 Å². The van der Waals surface area contributed by atoms with Crippen LogP contribution >= 0.6 is 15.9 Å². The summed E-state index contributed by atoms with van der Waals surface area (Å²) in [5.41, 5.74) is 3.21. The van der Waals surface area contributed by atoms with E-state index >= 15 is 0 Å². The molecule has 4 heteroatoms. The Morgan fingerprint density at radius 3 is 2.52 bits per heavy atom. The molecule has 0 aliphatic carbocycles. The van der Waals surface area contributed by atoms with Crippen LogP contribution in [0, 0.1) is 0 Å². The minimum absolute atomic E-state index is 0.429. The SMILES string of the molecule is Cn1c(CC(O)Cc2ccc(Br)cc2)nc2ccccc21. The highest BCUT2D eigenvalue weighted by atomic mass is 79.9. The molecule has 1 unspecified atom stereocenters. The number of aliphatic hydroxyl groups is 1. The Labute approximate surface area is 132 Å². The summed E-state index contributed by atoms with van der Waals surface area (Å²) in [4.78, 5) is 4.60. The summed E-state index contributed by atoms with van der Waals surface area (Å²) in [6.07, 6.45) is 0.763. The van der Waals surface area contributed by atoms with Gasteiger partial charge in [-0.25, -0.2) is 4.98 Å². The Morgan fingerprint density at radius 1 is 1.10 bits per heavy atom. The third-order valence-electron chi connectivity index (χ3n) is 3.68. The topological polar surface area (TPSA) is 38.0 Å². The van der Waals surface area contributed by atoms with Crippen molar-refractivity contribution in [1.29, 1.82) is 0 Å². The predicted molar refractivity (Wildman–Crippen MR) is 88.3 cm³/mol. The molecule has 0 fully saturated rings. The van der Waals surface area contributed by atoms with E-state index in [-0.39, 0.29) is 0 Å². The van der Waals surface area contributed by atoms with Gasteiger partial charge in [-0.2, -0.15) is 0 Å². The van der Waals surface area contributed by atoms with Crippen molar-refractivity contribution in [2.24, 2.45) is 7.05 Å². The van der Waals surface area contributed by atoms with Crippen molar-refractivity contribution in [2.75, 3.05) is 0 Å². The average molecular weight is 345 g/mol. The van der Waals surface area contributed by atoms with E-state index in [4.69, 9.17) is 0 Å². The molecule has 0 saturated heterocycles. The minimum atomic E-state index is -0.429. The molecule has 1 N–H and O–H groups in total. The van der Waals surface area contributed by atoms with Crippen LogP contribution in [-0.2, 0) is 19.9 Å². The molecule has 3 rings (SSSR count). The molecule has 0 aliphatic rings. The molecule has 1 atom stereocenters. The molecule has 21 heavy (non-hydrogen) atoms. The summed E-state index contributed by atoms with van der Waals surface area (Å²) < 4.78 is 3.11. The third-order valence-corrected chi connectivity index (χ3v) is 4.21. The summed E-state index contributed by atoms with van der Waals surface area (Å²) in [5.74, 6) is 0.917. The van der Waals surface area contributed by atoms with Gasteiger partial charge in [-0.15, -0.1) is 0 Å². The average Bonchev–Trinajstić information content (AvgIpc) is 2.78. The number of nitrogens with zero attached hydrogens (tertiary/aromatic N) is 2. The van der Waals surface area contributed by atoms with Gasteiger partial charge in [-0.3, -0.25) is 0 Å². The zero-order chi connectivity index (χ0) is 14.8. The van der Waals surface area contributed by atoms with E-state index in [0.29, 0.717) is 12.8 Å². The number of hydrogen-bond donors (Lipinski definition) is 1. The highest BCUT2D eigenvalue weighted by Crippen LogP contribution is 2.17. The van der Waals surface area contributed by atoms with Crippen molar-refractivity contribution in [1.82, 2.24) is 9.55 Å². The molecule has 0 aliphatic heterocycles. The van der Waals surface area contributed by atoms with Gasteiger partial charge in [0.25, 0.3) is 0 Å². The number of para-hydroxylation sites is 2. The highest BCUT2D eigenvalue weighted by molar-refractivity contribution is 9.10. The van der Waals surface area contributed by atoms with Crippen LogP contribution in [0.3, 0.4) is 0 Å². The zero-order valence-electron chi connectivity index (χ0n) is 11.8. The lowest BCUT2D eigenvalue weighted by molar-refractivity contribution is 0.172. The summed E-state index contributed by atoms with van der Waals surface area (Å²) in [6, 6.07) is 16.1. The van der Waals surface area contributed by atoms with Crippen LogP contribution in [0.5, 0.6) is 0 Å². The van der Waals surface area contributed by atoms with E-state index in [9.17, 15) is 5.11 Å². The van der Waals surface area contributed by atoms with Crippen molar-refractivity contribution >= 4 is 27.0 Å². The molecule has 0 saturated carbocycles. The molecule has 0 amide bonds. The summed E-state index contributed by atoms with van der Waals surface area (Å²) in [5, 5.41) is 10.3. The molecule has 3 nitrogen and oxygen atoms in total. The number of imidazole rings is 1. The van der Waals surface area contributed by atoms with Gasteiger partial charge < -0.3 is 9.67 Å². The van der Waals surface area contributed by atoms with Crippen LogP contribution in [-0.4, -0.2) is 20.8 Å². The molecule has 0 radical (unpaired) electrons. The van der Waals surface area contributed by atoms with E-state index in [0.717, 1.165) is 26.9 Å². The number of halogens is 1. The maximum absolute atomic E-state index is 10.3. The minimum Gasteiger partial charge on any atom is -0.392 e. The molecular weight excluding hydrogens is 328 g/mol. The van der Waals surface area contributed by atoms with Crippen molar-refractivity contribution in [3.63, 3.8) is 0 Å². The van der Waals surface area contributed by atoms with Gasteiger partial charge in [0.1, 0.15) is 5.82 Å². The van der Waals surface area contributed by atoms with Gasteiger partial charge in [0.05, 0.1) is 17.1 Å². The second kappa shape index (κ2) is 6.00. The van der Waals surface area contributed by atoms with Crippen LogP contribution in [0.15, 0.2) is 53.0 Å². The fraction of sp³-hybridized carbons (Fsp3) is 0.235. The first-order chi connectivity index (χ1) is 10.1. The monoisotopic (exact) mass is 344 g/mol. The first-order valence-corrected chi connectivity index (χ1v) is 7.75. The van der Waals surface area contributed by atoms with E-state index in [1.807, 2.05) is 55.6 Å². The normalized spacial score (nSPS) is 12.7. The second-order valence-electron chi connectivity index (χ2n) is 5.26. The van der Waals surface area contributed by atoms with Crippen molar-refractivity contribution in [3.05, 3.63) is 64.4 Å². The smallest absolute Gasteiger partial charge is 0.112 e. The lowest BCUT2D eigenvalue weighted by Crippen LogP contribution is -2.16. The fourth-order valence-corrected chi connectivity index (χ4v) is 2.82. The van der Waals surface area contributed by atoms with Crippen LogP contribution in [0.4, 0.5) is 0 Å². The number of hydrogen-bond acceptors (Lipinski definition) is 2. The Bertz CT molecular complexity index is 749. The molecule has 108 valence electrons. The first kappa shape index (κ1) is 14.3. The summed E-state index contributed by atoms with van der Waals surface area (Å²) in [7, 11) is 2.00. The number of fused-ring (bicyclic) bond motifs is 1. The third kappa shape index (κ3) is 3.17. The van der Waals surface area contributed by atoms with Gasteiger partial charge >= 0.3 is 0 Å². The Balaban J connectivity index is 1.75. The fourth-order valence-electron chi connectivity index (χ4n) is 2.55. The molecular formula is C17H17BrN2O. The molecule has 2 aromatic carbocycles. The summed E-state index contributed by atoms with van der Waals surface area (Å²) in [6.45, 7) is 0. The van der Waals surface area contributed by atoms with Gasteiger partial charge in [-0.05, 0) is 36.2 Å². The van der Waals surface area contributed by atoms with E-state index in [1.54, 1.807) is 0 Å². The molecule has 1 aromatic heterocycles. The number of aryl methyl sites for hydroxylation is 1. The zero-order valence-corrected chi connectivity index (χ0v) is 13.4. The van der Waals surface area contributed by atoms with Gasteiger partial charge in [-0.1, -0.05) is 40.2 Å². The van der Waals surface area contributed by atoms with Crippen LogP contribution in [0.1, 0.15) is 11.4 Å². The predicted octanol–water partition coefficient (Wildman–Crippen LogP) is 3.48. The van der Waals surface area contributed by atoms with Crippen LogP contribution < -0.4 is 0 Å². The van der Waals surface area contributed by atoms with Crippen molar-refractivity contribution < 1.29 is 5.11 Å². The second-order valence-corrected chi connectivity index (χ2v) is 6.18. The quantitative estimate of drug-likeness (QED) is 0.786. The number of aliphatic hydroxyl groups excluding tert-OH is 1. The molecule has 1 heterocycles. The van der Waals surface area contributed by atoms with E-state index in [1.165, 1.54) is 0 Å². The van der Waals surface area contributed by atoms with Gasteiger partial charge in [0.2, 0.25) is 0 Å². The highest BCUT2D eigenvalue weighted by Gasteiger charge is 2.13. The lowest BCUT2D eigenvalue weighted by Gasteiger charge is -2.10. The summed E-state index contributed by atoms with van der Waals surface area (Å²) >= 11 is 3.42. The molecule has 0 bridgehead atoms. The number of rotatable bonds is 4. The van der Waals surface area contributed by atoms with Crippen molar-refractivity contribution in [3.8, 4) is 0 Å². The Morgan fingerprint density at radius 2 is 1.81 bits per heavy atom. The first-order valence-electron chi connectivity index (χ1n) is 6.96. The Hall–Kier alpha value is -1.65. The Kier molecular flexibility index (Phi) is 4.08. The maximum Gasteiger partial charge on any atom is 0.112 e. The van der Waals surface area contributed by atoms with Gasteiger partial charge in [0.15, 0.2) is 0 Å².